The molecule has 0 heterocycles. The lowest BCUT2D eigenvalue weighted by molar-refractivity contribution is 0.583. The van der Waals surface area contributed by atoms with Crippen LogP contribution in [0.1, 0.15) is 44.4 Å². The molecule has 0 unspecified atom stereocenters. The molecule has 1 aromatic rings. The molecule has 0 aromatic heterocycles. The molecule has 0 aliphatic rings. The maximum absolute atomic E-state index is 2.32. The predicted octanol–water partition coefficient (Wildman–Crippen LogP) is 3.85. The van der Waals surface area contributed by atoms with Crippen molar-refractivity contribution in [1.29, 1.82) is 0 Å². The second kappa shape index (κ2) is 3.53. The van der Waals surface area contributed by atoms with Gasteiger partial charge in [-0.1, -0.05) is 51.5 Å². The van der Waals surface area contributed by atoms with Crippen LogP contribution in [0.15, 0.2) is 18.2 Å². The average Bonchev–Trinajstić information content (AvgIpc) is 2.03. The standard InChI is InChI=1S/C13H20/c1-6-11-8-7-10(2)9-12(11)13(3,4)5/h7-9H,6H2,1-5H3. The van der Waals surface area contributed by atoms with Crippen molar-refractivity contribution in [2.24, 2.45) is 0 Å². The zero-order valence-electron chi connectivity index (χ0n) is 9.44. The maximum Gasteiger partial charge on any atom is -0.0129 e. The van der Waals surface area contributed by atoms with Crippen LogP contribution in [0.4, 0.5) is 0 Å². The highest BCUT2D eigenvalue weighted by Crippen LogP contribution is 2.27. The van der Waals surface area contributed by atoms with Crippen molar-refractivity contribution in [3.63, 3.8) is 0 Å². The first-order chi connectivity index (χ1) is 5.95. The molecule has 0 aliphatic heterocycles. The van der Waals surface area contributed by atoms with Crippen LogP contribution in [0.2, 0.25) is 0 Å². The van der Waals surface area contributed by atoms with Crippen molar-refractivity contribution >= 4 is 0 Å². The summed E-state index contributed by atoms with van der Waals surface area (Å²) in [6.45, 7) is 11.2. The first-order valence-corrected chi connectivity index (χ1v) is 5.05. The summed E-state index contributed by atoms with van der Waals surface area (Å²) in [5, 5.41) is 0. The Kier molecular flexibility index (Phi) is 2.80. The van der Waals surface area contributed by atoms with Crippen molar-refractivity contribution in [3.05, 3.63) is 34.9 Å². The molecule has 0 saturated carbocycles. The minimum absolute atomic E-state index is 0.275. The predicted molar refractivity (Wildman–Crippen MR) is 59.3 cm³/mol. The number of rotatable bonds is 1. The molecule has 0 nitrogen and oxygen atoms in total. The quantitative estimate of drug-likeness (QED) is 0.609. The molecule has 0 heteroatoms. The van der Waals surface area contributed by atoms with E-state index in [1.54, 1.807) is 0 Å². The fourth-order valence-electron chi connectivity index (χ4n) is 1.70. The third-order valence-corrected chi connectivity index (χ3v) is 2.45. The topological polar surface area (TPSA) is 0 Å². The summed E-state index contributed by atoms with van der Waals surface area (Å²) in [5.41, 5.74) is 4.62. The first-order valence-electron chi connectivity index (χ1n) is 5.05. The molecular formula is C13H20. The van der Waals surface area contributed by atoms with Crippen LogP contribution in [0.5, 0.6) is 0 Å². The largest absolute Gasteiger partial charge is 0.0613 e. The Balaban J connectivity index is 3.24. The smallest absolute Gasteiger partial charge is 0.0129 e. The van der Waals surface area contributed by atoms with E-state index in [4.69, 9.17) is 0 Å². The van der Waals surface area contributed by atoms with Gasteiger partial charge in [-0.15, -0.1) is 0 Å². The van der Waals surface area contributed by atoms with Crippen LogP contribution in [0, 0.1) is 6.92 Å². The molecule has 0 radical (unpaired) electrons. The van der Waals surface area contributed by atoms with Gasteiger partial charge >= 0.3 is 0 Å². The molecule has 0 spiro atoms. The monoisotopic (exact) mass is 176 g/mol. The van der Waals surface area contributed by atoms with Crippen LogP contribution in [0.3, 0.4) is 0 Å². The Morgan fingerprint density at radius 2 is 1.77 bits per heavy atom. The van der Waals surface area contributed by atoms with Crippen molar-refractivity contribution in [2.45, 2.75) is 46.5 Å². The van der Waals surface area contributed by atoms with Gasteiger partial charge in [-0.25, -0.2) is 0 Å². The van der Waals surface area contributed by atoms with E-state index in [1.807, 2.05) is 0 Å². The summed E-state index contributed by atoms with van der Waals surface area (Å²) in [6, 6.07) is 6.78. The van der Waals surface area contributed by atoms with Crippen molar-refractivity contribution < 1.29 is 0 Å². The van der Waals surface area contributed by atoms with E-state index >= 15 is 0 Å². The second-order valence-electron chi connectivity index (χ2n) is 4.76. The number of benzene rings is 1. The fraction of sp³-hybridized carbons (Fsp3) is 0.538. The van der Waals surface area contributed by atoms with E-state index in [2.05, 4.69) is 52.8 Å². The number of hydrogen-bond donors (Lipinski definition) is 0. The van der Waals surface area contributed by atoms with Gasteiger partial charge in [0.25, 0.3) is 0 Å². The highest BCUT2D eigenvalue weighted by molar-refractivity contribution is 5.36. The van der Waals surface area contributed by atoms with Gasteiger partial charge < -0.3 is 0 Å². The Labute approximate surface area is 82.0 Å². The van der Waals surface area contributed by atoms with Crippen LogP contribution < -0.4 is 0 Å². The van der Waals surface area contributed by atoms with Gasteiger partial charge in [0.1, 0.15) is 0 Å². The summed E-state index contributed by atoms with van der Waals surface area (Å²) in [7, 11) is 0. The third-order valence-electron chi connectivity index (χ3n) is 2.45. The van der Waals surface area contributed by atoms with Gasteiger partial charge in [0, 0.05) is 0 Å². The molecule has 0 bridgehead atoms. The molecule has 13 heavy (non-hydrogen) atoms. The van der Waals surface area contributed by atoms with Crippen molar-refractivity contribution in [1.82, 2.24) is 0 Å². The van der Waals surface area contributed by atoms with E-state index < -0.39 is 0 Å². The average molecular weight is 176 g/mol. The zero-order valence-corrected chi connectivity index (χ0v) is 9.44. The van der Waals surface area contributed by atoms with E-state index in [0.29, 0.717) is 0 Å². The minimum Gasteiger partial charge on any atom is -0.0613 e. The van der Waals surface area contributed by atoms with E-state index in [9.17, 15) is 0 Å². The first kappa shape index (κ1) is 10.3. The van der Waals surface area contributed by atoms with Gasteiger partial charge in [0.05, 0.1) is 0 Å². The molecule has 0 aliphatic carbocycles. The summed E-state index contributed by atoms with van der Waals surface area (Å²) >= 11 is 0. The number of aryl methyl sites for hydroxylation is 2. The summed E-state index contributed by atoms with van der Waals surface area (Å²) in [6.07, 6.45) is 1.13. The lowest BCUT2D eigenvalue weighted by Gasteiger charge is -2.23. The molecule has 0 atom stereocenters. The lowest BCUT2D eigenvalue weighted by atomic mass is 9.82. The van der Waals surface area contributed by atoms with E-state index in [1.165, 1.54) is 16.7 Å². The maximum atomic E-state index is 2.32. The molecule has 0 saturated heterocycles. The molecule has 72 valence electrons. The van der Waals surface area contributed by atoms with Crippen molar-refractivity contribution in [2.75, 3.05) is 0 Å². The summed E-state index contributed by atoms with van der Waals surface area (Å²) in [4.78, 5) is 0. The molecule has 0 fully saturated rings. The van der Waals surface area contributed by atoms with Gasteiger partial charge in [0.15, 0.2) is 0 Å². The SMILES string of the molecule is CCc1ccc(C)cc1C(C)(C)C. The molecule has 0 amide bonds. The van der Waals surface area contributed by atoms with Crippen LogP contribution in [-0.4, -0.2) is 0 Å². The highest BCUT2D eigenvalue weighted by Gasteiger charge is 2.16. The van der Waals surface area contributed by atoms with Gasteiger partial charge in [-0.3, -0.25) is 0 Å². The Bertz CT molecular complexity index is 289. The van der Waals surface area contributed by atoms with Crippen LogP contribution in [-0.2, 0) is 11.8 Å². The summed E-state index contributed by atoms with van der Waals surface area (Å²) < 4.78 is 0. The number of hydrogen-bond acceptors (Lipinski definition) is 0. The lowest BCUT2D eigenvalue weighted by Crippen LogP contribution is -2.14. The third kappa shape index (κ3) is 2.33. The second-order valence-corrected chi connectivity index (χ2v) is 4.76. The van der Waals surface area contributed by atoms with Crippen LogP contribution >= 0.6 is 0 Å². The molecule has 0 N–H and O–H groups in total. The molecular weight excluding hydrogens is 156 g/mol. The summed E-state index contributed by atoms with van der Waals surface area (Å²) in [5.74, 6) is 0. The minimum atomic E-state index is 0.275. The Hall–Kier alpha value is -0.780. The fourth-order valence-corrected chi connectivity index (χ4v) is 1.70. The molecule has 1 rings (SSSR count). The Morgan fingerprint density at radius 1 is 1.15 bits per heavy atom. The van der Waals surface area contributed by atoms with Gasteiger partial charge in [-0.05, 0) is 29.9 Å². The highest BCUT2D eigenvalue weighted by atomic mass is 14.2. The van der Waals surface area contributed by atoms with Crippen molar-refractivity contribution in [3.8, 4) is 0 Å². The van der Waals surface area contributed by atoms with Gasteiger partial charge in [0.2, 0.25) is 0 Å². The Morgan fingerprint density at radius 3 is 2.23 bits per heavy atom. The van der Waals surface area contributed by atoms with E-state index in [0.717, 1.165) is 6.42 Å². The van der Waals surface area contributed by atoms with E-state index in [-0.39, 0.29) is 5.41 Å². The molecule has 1 aromatic carbocycles. The van der Waals surface area contributed by atoms with Crippen LogP contribution in [0.25, 0.3) is 0 Å². The zero-order chi connectivity index (χ0) is 10.1. The normalized spacial score (nSPS) is 11.8. The van der Waals surface area contributed by atoms with Gasteiger partial charge in [-0.2, -0.15) is 0 Å².